The van der Waals surface area contributed by atoms with Crippen molar-refractivity contribution in [3.05, 3.63) is 18.1 Å². The summed E-state index contributed by atoms with van der Waals surface area (Å²) in [7, 11) is 0. The number of hydrogen-bond donors (Lipinski definition) is 1. The summed E-state index contributed by atoms with van der Waals surface area (Å²) in [6, 6.07) is 0.711. The van der Waals surface area contributed by atoms with Crippen molar-refractivity contribution >= 4 is 5.82 Å². The molecule has 1 aromatic rings. The van der Waals surface area contributed by atoms with Crippen LogP contribution in [0.4, 0.5) is 5.82 Å². The first kappa shape index (κ1) is 10.0. The van der Waals surface area contributed by atoms with Crippen molar-refractivity contribution in [2.24, 2.45) is 11.7 Å². The minimum atomic E-state index is 0.475. The summed E-state index contributed by atoms with van der Waals surface area (Å²) in [6.07, 6.45) is 9.01. The van der Waals surface area contributed by atoms with E-state index in [9.17, 15) is 0 Å². The molecule has 0 unspecified atom stereocenters. The summed E-state index contributed by atoms with van der Waals surface area (Å²) in [5.74, 6) is 1.92. The first-order valence-electron chi connectivity index (χ1n) is 6.14. The summed E-state index contributed by atoms with van der Waals surface area (Å²) in [5.41, 5.74) is 6.49. The van der Waals surface area contributed by atoms with Crippen LogP contribution in [0, 0.1) is 5.92 Å². The molecule has 4 heteroatoms. The van der Waals surface area contributed by atoms with Crippen molar-refractivity contribution in [3.63, 3.8) is 0 Å². The van der Waals surface area contributed by atoms with E-state index in [0.29, 0.717) is 12.6 Å². The highest BCUT2D eigenvalue weighted by molar-refractivity contribution is 5.40. The van der Waals surface area contributed by atoms with Crippen molar-refractivity contribution < 1.29 is 0 Å². The van der Waals surface area contributed by atoms with E-state index in [2.05, 4.69) is 14.9 Å². The van der Waals surface area contributed by atoms with Crippen LogP contribution in [0.1, 0.15) is 31.4 Å². The largest absolute Gasteiger partial charge is 0.352 e. The van der Waals surface area contributed by atoms with Crippen molar-refractivity contribution in [1.29, 1.82) is 0 Å². The van der Waals surface area contributed by atoms with Gasteiger partial charge in [0.15, 0.2) is 0 Å². The normalized spacial score (nSPS) is 19.8. The lowest BCUT2D eigenvalue weighted by Crippen LogP contribution is -2.29. The number of rotatable bonds is 5. The van der Waals surface area contributed by atoms with Gasteiger partial charge in [-0.15, -0.1) is 0 Å². The second-order valence-corrected chi connectivity index (χ2v) is 4.90. The van der Waals surface area contributed by atoms with Gasteiger partial charge in [0.2, 0.25) is 0 Å². The lowest BCUT2D eigenvalue weighted by atomic mass is 10.3. The number of hydrogen-bond acceptors (Lipinski definition) is 4. The molecule has 0 spiro atoms. The fraction of sp³-hybridized carbons (Fsp3) is 0.667. The lowest BCUT2D eigenvalue weighted by molar-refractivity contribution is 0.703. The maximum atomic E-state index is 5.60. The predicted molar refractivity (Wildman–Crippen MR) is 63.0 cm³/mol. The van der Waals surface area contributed by atoms with Gasteiger partial charge in [-0.25, -0.2) is 4.98 Å². The van der Waals surface area contributed by atoms with Crippen LogP contribution in [0.5, 0.6) is 0 Å². The van der Waals surface area contributed by atoms with Gasteiger partial charge in [-0.1, -0.05) is 0 Å². The molecule has 16 heavy (non-hydrogen) atoms. The molecule has 0 bridgehead atoms. The monoisotopic (exact) mass is 218 g/mol. The molecule has 2 saturated carbocycles. The van der Waals surface area contributed by atoms with E-state index in [-0.39, 0.29) is 0 Å². The van der Waals surface area contributed by atoms with E-state index in [1.165, 1.54) is 25.7 Å². The highest BCUT2D eigenvalue weighted by Gasteiger charge is 2.34. The van der Waals surface area contributed by atoms with E-state index in [4.69, 9.17) is 5.73 Å². The molecule has 4 nitrogen and oxygen atoms in total. The SMILES string of the molecule is NCc1cncc(N(CC2CC2)C2CC2)n1. The van der Waals surface area contributed by atoms with Crippen LogP contribution in [0.2, 0.25) is 0 Å². The molecule has 0 aromatic carbocycles. The van der Waals surface area contributed by atoms with Crippen LogP contribution in [0.25, 0.3) is 0 Å². The predicted octanol–water partition coefficient (Wildman–Crippen LogP) is 1.31. The van der Waals surface area contributed by atoms with Crippen molar-refractivity contribution in [2.45, 2.75) is 38.3 Å². The highest BCUT2D eigenvalue weighted by Crippen LogP contribution is 2.36. The van der Waals surface area contributed by atoms with E-state index >= 15 is 0 Å². The van der Waals surface area contributed by atoms with Crippen LogP contribution in [0.15, 0.2) is 12.4 Å². The Bertz CT molecular complexity index is 371. The third-order valence-corrected chi connectivity index (χ3v) is 3.31. The van der Waals surface area contributed by atoms with Gasteiger partial charge in [0.1, 0.15) is 5.82 Å². The second-order valence-electron chi connectivity index (χ2n) is 4.90. The molecule has 2 aliphatic carbocycles. The molecule has 3 rings (SSSR count). The van der Waals surface area contributed by atoms with Crippen molar-refractivity contribution in [3.8, 4) is 0 Å². The molecule has 0 aliphatic heterocycles. The van der Waals surface area contributed by atoms with Gasteiger partial charge in [0.05, 0.1) is 11.9 Å². The van der Waals surface area contributed by atoms with Crippen molar-refractivity contribution in [2.75, 3.05) is 11.4 Å². The Morgan fingerprint density at radius 3 is 2.69 bits per heavy atom. The molecular formula is C12H18N4. The standard InChI is InChI=1S/C12H18N4/c13-5-10-6-14-7-12(15-10)16(11-3-4-11)8-9-1-2-9/h6-7,9,11H,1-5,8,13H2. The average molecular weight is 218 g/mol. The smallest absolute Gasteiger partial charge is 0.147 e. The molecule has 86 valence electrons. The minimum Gasteiger partial charge on any atom is -0.352 e. The maximum absolute atomic E-state index is 5.60. The fourth-order valence-electron chi connectivity index (χ4n) is 2.03. The molecule has 2 fully saturated rings. The molecule has 0 radical (unpaired) electrons. The Hall–Kier alpha value is -1.16. The van der Waals surface area contributed by atoms with Crippen molar-refractivity contribution in [1.82, 2.24) is 9.97 Å². The summed E-state index contributed by atoms with van der Waals surface area (Å²) in [5, 5.41) is 0. The minimum absolute atomic E-state index is 0.475. The van der Waals surface area contributed by atoms with Gasteiger partial charge in [0, 0.05) is 25.3 Å². The second kappa shape index (κ2) is 4.01. The number of anilines is 1. The van der Waals surface area contributed by atoms with Crippen LogP contribution < -0.4 is 10.6 Å². The summed E-state index contributed by atoms with van der Waals surface area (Å²) in [4.78, 5) is 11.2. The van der Waals surface area contributed by atoms with Gasteiger partial charge in [-0.2, -0.15) is 0 Å². The van der Waals surface area contributed by atoms with E-state index in [0.717, 1.165) is 24.0 Å². The third kappa shape index (κ3) is 2.16. The summed E-state index contributed by atoms with van der Waals surface area (Å²) in [6.45, 7) is 1.64. The van der Waals surface area contributed by atoms with E-state index < -0.39 is 0 Å². The Balaban J connectivity index is 1.79. The van der Waals surface area contributed by atoms with Gasteiger partial charge in [-0.3, -0.25) is 4.98 Å². The molecule has 2 N–H and O–H groups in total. The number of nitrogens with zero attached hydrogens (tertiary/aromatic N) is 3. The molecule has 0 atom stereocenters. The van der Waals surface area contributed by atoms with E-state index in [1.54, 1.807) is 6.20 Å². The Morgan fingerprint density at radius 2 is 2.06 bits per heavy atom. The van der Waals surface area contributed by atoms with E-state index in [1.807, 2.05) is 6.20 Å². The molecule has 0 saturated heterocycles. The Labute approximate surface area is 95.9 Å². The third-order valence-electron chi connectivity index (χ3n) is 3.31. The zero-order valence-corrected chi connectivity index (χ0v) is 9.47. The summed E-state index contributed by atoms with van der Waals surface area (Å²) >= 11 is 0. The first-order valence-corrected chi connectivity index (χ1v) is 6.14. The average Bonchev–Trinajstić information content (AvgIpc) is 3.16. The molecular weight excluding hydrogens is 200 g/mol. The van der Waals surface area contributed by atoms with Gasteiger partial charge < -0.3 is 10.6 Å². The van der Waals surface area contributed by atoms with Crippen LogP contribution in [-0.2, 0) is 6.54 Å². The Kier molecular flexibility index (Phi) is 2.52. The quantitative estimate of drug-likeness (QED) is 0.809. The number of nitrogens with two attached hydrogens (primary N) is 1. The molecule has 1 heterocycles. The zero-order valence-electron chi connectivity index (χ0n) is 9.47. The van der Waals surface area contributed by atoms with Crippen LogP contribution >= 0.6 is 0 Å². The lowest BCUT2D eigenvalue weighted by Gasteiger charge is -2.23. The first-order chi connectivity index (χ1) is 7.86. The van der Waals surface area contributed by atoms with Crippen LogP contribution in [0.3, 0.4) is 0 Å². The molecule has 0 amide bonds. The molecule has 1 aromatic heterocycles. The van der Waals surface area contributed by atoms with Gasteiger partial charge in [0.25, 0.3) is 0 Å². The van der Waals surface area contributed by atoms with Gasteiger partial charge >= 0.3 is 0 Å². The Morgan fingerprint density at radius 1 is 1.25 bits per heavy atom. The fourth-order valence-corrected chi connectivity index (χ4v) is 2.03. The topological polar surface area (TPSA) is 55.0 Å². The highest BCUT2D eigenvalue weighted by atomic mass is 15.2. The zero-order chi connectivity index (χ0) is 11.0. The van der Waals surface area contributed by atoms with Crippen LogP contribution in [-0.4, -0.2) is 22.6 Å². The summed E-state index contributed by atoms with van der Waals surface area (Å²) < 4.78 is 0. The van der Waals surface area contributed by atoms with Gasteiger partial charge in [-0.05, 0) is 31.6 Å². The number of aromatic nitrogens is 2. The molecule has 2 aliphatic rings. The maximum Gasteiger partial charge on any atom is 0.147 e.